The summed E-state index contributed by atoms with van der Waals surface area (Å²) in [6, 6.07) is 5.26. The highest BCUT2D eigenvalue weighted by Crippen LogP contribution is 2.37. The molecule has 2 rings (SSSR count). The molecule has 6 nitrogen and oxygen atoms in total. The second kappa shape index (κ2) is 5.34. The first-order valence-electron chi connectivity index (χ1n) is 6.12. The molecule has 1 aliphatic heterocycles. The number of rotatable bonds is 4. The number of phenols is 1. The number of aliphatic hydroxyl groups excluding tert-OH is 2. The van der Waals surface area contributed by atoms with Crippen molar-refractivity contribution in [1.29, 1.82) is 0 Å². The summed E-state index contributed by atoms with van der Waals surface area (Å²) in [5, 5.41) is 28.2. The molecule has 1 heterocycles. The molecule has 106 valence electrons. The lowest BCUT2D eigenvalue weighted by Crippen LogP contribution is -2.33. The molecule has 0 aromatic heterocycles. The van der Waals surface area contributed by atoms with Crippen LogP contribution in [0, 0.1) is 0 Å². The molecule has 6 heteroatoms. The number of aromatic hydroxyl groups is 1. The lowest BCUT2D eigenvalue weighted by atomic mass is 9.97. The van der Waals surface area contributed by atoms with Crippen LogP contribution in [-0.2, 0) is 9.59 Å². The Morgan fingerprint density at radius 1 is 1.25 bits per heavy atom. The number of Topliss-reactive ketones (excluding diaryl/α,β-unsaturated/α-hetero) is 1. The van der Waals surface area contributed by atoms with E-state index in [2.05, 4.69) is 0 Å². The predicted molar refractivity (Wildman–Crippen MR) is 70.0 cm³/mol. The van der Waals surface area contributed by atoms with Crippen LogP contribution in [-0.4, -0.2) is 45.1 Å². The molecule has 0 bridgehead atoms. The van der Waals surface area contributed by atoms with Gasteiger partial charge in [0, 0.05) is 6.54 Å². The van der Waals surface area contributed by atoms with Crippen LogP contribution in [0.3, 0.4) is 0 Å². The third kappa shape index (κ3) is 2.25. The zero-order valence-corrected chi connectivity index (χ0v) is 10.9. The smallest absolute Gasteiger partial charge is 0.290 e. The number of amides is 1. The first-order valence-corrected chi connectivity index (χ1v) is 6.12. The molecule has 0 spiro atoms. The van der Waals surface area contributed by atoms with Gasteiger partial charge < -0.3 is 20.2 Å². The summed E-state index contributed by atoms with van der Waals surface area (Å²) in [5.74, 6) is -1.61. The van der Waals surface area contributed by atoms with Gasteiger partial charge in [-0.2, -0.15) is 0 Å². The molecule has 0 aliphatic carbocycles. The summed E-state index contributed by atoms with van der Waals surface area (Å²) in [5.41, 5.74) is 0.591. The van der Waals surface area contributed by atoms with Crippen LogP contribution in [0.25, 0.3) is 0 Å². The third-order valence-corrected chi connectivity index (χ3v) is 3.23. The van der Waals surface area contributed by atoms with Gasteiger partial charge in [0.2, 0.25) is 0 Å². The topological polar surface area (TPSA) is 98.1 Å². The van der Waals surface area contributed by atoms with Crippen molar-refractivity contribution in [1.82, 2.24) is 4.90 Å². The van der Waals surface area contributed by atoms with Crippen LogP contribution in [0.4, 0.5) is 0 Å². The average Bonchev–Trinajstić information content (AvgIpc) is 2.65. The maximum atomic E-state index is 12.0. The summed E-state index contributed by atoms with van der Waals surface area (Å²) in [4.78, 5) is 24.9. The Hall–Kier alpha value is -2.34. The lowest BCUT2D eigenvalue weighted by molar-refractivity contribution is -0.129. The second-order valence-corrected chi connectivity index (χ2v) is 4.53. The highest BCUT2D eigenvalue weighted by molar-refractivity contribution is 6.08. The Morgan fingerprint density at radius 2 is 1.85 bits per heavy atom. The van der Waals surface area contributed by atoms with Gasteiger partial charge in [-0.3, -0.25) is 9.59 Å². The van der Waals surface area contributed by atoms with Gasteiger partial charge in [0.25, 0.3) is 5.91 Å². The largest absolute Gasteiger partial charge is 0.508 e. The Bertz CT molecular complexity index is 576. The normalized spacial score (nSPS) is 18.8. The van der Waals surface area contributed by atoms with Gasteiger partial charge in [0.15, 0.2) is 11.5 Å². The number of nitrogens with zero attached hydrogens (tertiary/aromatic N) is 1. The van der Waals surface area contributed by atoms with E-state index in [9.17, 15) is 19.8 Å². The van der Waals surface area contributed by atoms with E-state index < -0.39 is 23.5 Å². The number of β-amino-alcohol motifs (C(OH)–C–C–N with tert-alkyl or cyclic N) is 1. The molecule has 1 amide bonds. The summed E-state index contributed by atoms with van der Waals surface area (Å²) in [7, 11) is 0. The fourth-order valence-corrected chi connectivity index (χ4v) is 2.35. The van der Waals surface area contributed by atoms with Crippen LogP contribution in [0.15, 0.2) is 35.6 Å². The molecule has 0 radical (unpaired) electrons. The maximum Gasteiger partial charge on any atom is 0.290 e. The minimum absolute atomic E-state index is 0.00518. The molecule has 20 heavy (non-hydrogen) atoms. The van der Waals surface area contributed by atoms with Crippen molar-refractivity contribution < 1.29 is 24.9 Å². The third-order valence-electron chi connectivity index (χ3n) is 3.23. The van der Waals surface area contributed by atoms with Crippen LogP contribution in [0.5, 0.6) is 5.75 Å². The molecule has 0 saturated carbocycles. The fraction of sp³-hybridized carbons (Fsp3) is 0.286. The van der Waals surface area contributed by atoms with E-state index in [-0.39, 0.29) is 24.5 Å². The minimum Gasteiger partial charge on any atom is -0.508 e. The highest BCUT2D eigenvalue weighted by Gasteiger charge is 2.41. The highest BCUT2D eigenvalue weighted by atomic mass is 16.3. The summed E-state index contributed by atoms with van der Waals surface area (Å²) in [6.45, 7) is 0.999. The number of hydrogen-bond acceptors (Lipinski definition) is 5. The van der Waals surface area contributed by atoms with Gasteiger partial charge in [-0.25, -0.2) is 0 Å². The number of hydrogen-bond donors (Lipinski definition) is 3. The van der Waals surface area contributed by atoms with Crippen LogP contribution >= 0.6 is 0 Å². The SMILES string of the molecule is CC(=O)C1=C(O)C(=O)N(CCO)[C@@H]1c1ccc(O)cc1. The maximum absolute atomic E-state index is 12.0. The zero-order chi connectivity index (χ0) is 14.9. The summed E-state index contributed by atoms with van der Waals surface area (Å²) >= 11 is 0. The van der Waals surface area contributed by atoms with Gasteiger partial charge in [-0.15, -0.1) is 0 Å². The van der Waals surface area contributed by atoms with Crippen LogP contribution in [0.2, 0.25) is 0 Å². The van der Waals surface area contributed by atoms with E-state index in [1.165, 1.54) is 24.0 Å². The van der Waals surface area contributed by atoms with Crippen molar-refractivity contribution in [2.75, 3.05) is 13.2 Å². The van der Waals surface area contributed by atoms with Gasteiger partial charge in [0.05, 0.1) is 18.2 Å². The van der Waals surface area contributed by atoms with E-state index >= 15 is 0 Å². The van der Waals surface area contributed by atoms with Crippen molar-refractivity contribution in [2.45, 2.75) is 13.0 Å². The van der Waals surface area contributed by atoms with E-state index in [0.717, 1.165) is 0 Å². The van der Waals surface area contributed by atoms with Crippen molar-refractivity contribution in [3.63, 3.8) is 0 Å². The average molecular weight is 277 g/mol. The van der Waals surface area contributed by atoms with Crippen LogP contribution in [0.1, 0.15) is 18.5 Å². The van der Waals surface area contributed by atoms with E-state index in [1.807, 2.05) is 0 Å². The number of aliphatic hydroxyl groups is 2. The molecule has 1 atom stereocenters. The molecule has 3 N–H and O–H groups in total. The van der Waals surface area contributed by atoms with E-state index in [0.29, 0.717) is 5.56 Å². The Labute approximate surface area is 115 Å². The first-order chi connectivity index (χ1) is 9.47. The first kappa shape index (κ1) is 14.1. The Balaban J connectivity index is 2.51. The van der Waals surface area contributed by atoms with Crippen molar-refractivity contribution in [3.8, 4) is 5.75 Å². The van der Waals surface area contributed by atoms with Gasteiger partial charge in [-0.05, 0) is 24.6 Å². The number of carbonyl (C=O) groups is 2. The summed E-state index contributed by atoms with van der Waals surface area (Å²) in [6.07, 6.45) is 0. The van der Waals surface area contributed by atoms with Crippen molar-refractivity contribution >= 4 is 11.7 Å². The van der Waals surface area contributed by atoms with Crippen molar-refractivity contribution in [2.24, 2.45) is 0 Å². The molecule has 1 aromatic carbocycles. The standard InChI is InChI=1S/C14H15NO5/c1-8(17)11-12(9-2-4-10(18)5-3-9)15(6-7-16)14(20)13(11)19/h2-5,12,16,18-19H,6-7H2,1H3/t12-/m1/s1. The Kier molecular flexibility index (Phi) is 3.76. The minimum atomic E-state index is -0.743. The van der Waals surface area contributed by atoms with Crippen molar-refractivity contribution in [3.05, 3.63) is 41.2 Å². The van der Waals surface area contributed by atoms with Crippen LogP contribution < -0.4 is 0 Å². The molecule has 1 aromatic rings. The number of phenolic OH excluding ortho intramolecular Hbond substituents is 1. The van der Waals surface area contributed by atoms with Gasteiger partial charge in [0.1, 0.15) is 5.75 Å². The lowest BCUT2D eigenvalue weighted by Gasteiger charge is -2.25. The fourth-order valence-electron chi connectivity index (χ4n) is 2.35. The van der Waals surface area contributed by atoms with Gasteiger partial charge >= 0.3 is 0 Å². The number of ketones is 1. The summed E-state index contributed by atoms with van der Waals surface area (Å²) < 4.78 is 0. The molecular weight excluding hydrogens is 262 g/mol. The molecule has 0 saturated heterocycles. The molecular formula is C14H15NO5. The molecule has 0 fully saturated rings. The van der Waals surface area contributed by atoms with E-state index in [1.54, 1.807) is 12.1 Å². The monoisotopic (exact) mass is 277 g/mol. The zero-order valence-electron chi connectivity index (χ0n) is 10.9. The van der Waals surface area contributed by atoms with Gasteiger partial charge in [-0.1, -0.05) is 12.1 Å². The second-order valence-electron chi connectivity index (χ2n) is 4.53. The number of carbonyl (C=O) groups excluding carboxylic acids is 2. The predicted octanol–water partition coefficient (Wildman–Crippen LogP) is 0.669. The quantitative estimate of drug-likeness (QED) is 0.751. The Morgan fingerprint density at radius 3 is 2.35 bits per heavy atom. The molecule has 1 aliphatic rings. The van der Waals surface area contributed by atoms with E-state index in [4.69, 9.17) is 5.11 Å². The molecule has 0 unspecified atom stereocenters. The number of benzene rings is 1.